The van der Waals surface area contributed by atoms with Crippen molar-refractivity contribution in [2.75, 3.05) is 6.54 Å². The smallest absolute Gasteiger partial charge is 0.120 e. The molecule has 0 unspecified atom stereocenters. The van der Waals surface area contributed by atoms with Crippen molar-refractivity contribution in [3.8, 4) is 11.5 Å². The first kappa shape index (κ1) is 8.83. The molecule has 4 nitrogen and oxygen atoms in total. The second-order valence-electron chi connectivity index (χ2n) is 2.59. The molecule has 0 aliphatic rings. The minimum absolute atomic E-state index is 0.0609. The molecule has 0 fully saturated rings. The Bertz CT molecular complexity index is 276. The van der Waals surface area contributed by atoms with Gasteiger partial charge in [0, 0.05) is 18.2 Å². The zero-order valence-corrected chi connectivity index (χ0v) is 6.57. The molecule has 1 atom stereocenters. The number of rotatable bonds is 2. The third kappa shape index (κ3) is 1.66. The van der Waals surface area contributed by atoms with Crippen LogP contribution in [0.4, 0.5) is 0 Å². The van der Waals surface area contributed by atoms with Gasteiger partial charge in [-0.3, -0.25) is 0 Å². The average Bonchev–Trinajstić information content (AvgIpc) is 2.08. The number of benzene rings is 1. The maximum atomic E-state index is 9.29. The van der Waals surface area contributed by atoms with E-state index in [4.69, 9.17) is 16.6 Å². The van der Waals surface area contributed by atoms with Gasteiger partial charge in [0.05, 0.1) is 0 Å². The lowest BCUT2D eigenvalue weighted by Gasteiger charge is -2.10. The Balaban J connectivity index is 3.04. The molecule has 0 saturated heterocycles. The van der Waals surface area contributed by atoms with Gasteiger partial charge in [0.2, 0.25) is 0 Å². The van der Waals surface area contributed by atoms with Crippen molar-refractivity contribution in [1.82, 2.24) is 0 Å². The fourth-order valence-electron chi connectivity index (χ4n) is 0.966. The molecule has 0 saturated carbocycles. The van der Waals surface area contributed by atoms with Gasteiger partial charge in [-0.2, -0.15) is 0 Å². The minimum atomic E-state index is -0.433. The molecule has 6 N–H and O–H groups in total. The molecule has 66 valence electrons. The number of aromatic hydroxyl groups is 2. The third-order valence-corrected chi connectivity index (χ3v) is 1.66. The van der Waals surface area contributed by atoms with Gasteiger partial charge >= 0.3 is 0 Å². The number of phenolic OH excluding ortho intramolecular Hbond substituents is 2. The molecular formula is C8H12N2O2. The first-order chi connectivity index (χ1) is 5.65. The zero-order valence-electron chi connectivity index (χ0n) is 6.57. The second-order valence-corrected chi connectivity index (χ2v) is 2.59. The SMILES string of the molecule is NC[C@H](N)c1cc(O)ccc1O. The van der Waals surface area contributed by atoms with Crippen LogP contribution in [0.25, 0.3) is 0 Å². The van der Waals surface area contributed by atoms with Crippen LogP contribution < -0.4 is 11.5 Å². The lowest BCUT2D eigenvalue weighted by molar-refractivity contribution is 0.449. The Hall–Kier alpha value is -1.26. The van der Waals surface area contributed by atoms with E-state index in [0.717, 1.165) is 0 Å². The normalized spacial score (nSPS) is 12.8. The summed E-state index contributed by atoms with van der Waals surface area (Å²) in [7, 11) is 0. The van der Waals surface area contributed by atoms with Crippen molar-refractivity contribution < 1.29 is 10.2 Å². The van der Waals surface area contributed by atoms with Gasteiger partial charge in [0.15, 0.2) is 0 Å². The van der Waals surface area contributed by atoms with Crippen LogP contribution in [-0.2, 0) is 0 Å². The number of hydrogen-bond donors (Lipinski definition) is 4. The van der Waals surface area contributed by atoms with Gasteiger partial charge < -0.3 is 21.7 Å². The highest BCUT2D eigenvalue weighted by molar-refractivity contribution is 5.40. The molecular weight excluding hydrogens is 156 g/mol. The number of phenols is 2. The van der Waals surface area contributed by atoms with E-state index in [1.807, 2.05) is 0 Å². The van der Waals surface area contributed by atoms with E-state index in [0.29, 0.717) is 5.56 Å². The Morgan fingerprint density at radius 1 is 1.33 bits per heavy atom. The highest BCUT2D eigenvalue weighted by Gasteiger charge is 2.09. The fourth-order valence-corrected chi connectivity index (χ4v) is 0.966. The number of nitrogens with two attached hydrogens (primary N) is 2. The Kier molecular flexibility index (Phi) is 2.52. The van der Waals surface area contributed by atoms with Crippen LogP contribution in [0.2, 0.25) is 0 Å². The van der Waals surface area contributed by atoms with E-state index < -0.39 is 6.04 Å². The first-order valence-electron chi connectivity index (χ1n) is 3.62. The lowest BCUT2D eigenvalue weighted by atomic mass is 10.1. The molecule has 1 rings (SSSR count). The first-order valence-corrected chi connectivity index (χ1v) is 3.62. The van der Waals surface area contributed by atoms with Crippen LogP contribution >= 0.6 is 0 Å². The standard InChI is InChI=1S/C8H12N2O2/c9-4-7(10)6-3-5(11)1-2-8(6)12/h1-3,7,11-12H,4,9-10H2/t7-/m0/s1. The van der Waals surface area contributed by atoms with Gasteiger partial charge in [-0.15, -0.1) is 0 Å². The molecule has 0 radical (unpaired) electrons. The maximum Gasteiger partial charge on any atom is 0.120 e. The summed E-state index contributed by atoms with van der Waals surface area (Å²) >= 11 is 0. The van der Waals surface area contributed by atoms with E-state index in [1.165, 1.54) is 18.2 Å². The van der Waals surface area contributed by atoms with E-state index in [1.54, 1.807) is 0 Å². The molecule has 0 aliphatic carbocycles. The van der Waals surface area contributed by atoms with E-state index in [-0.39, 0.29) is 18.0 Å². The molecule has 0 spiro atoms. The summed E-state index contributed by atoms with van der Waals surface area (Å²) < 4.78 is 0. The predicted molar refractivity (Wildman–Crippen MR) is 45.8 cm³/mol. The molecule has 12 heavy (non-hydrogen) atoms. The number of hydrogen-bond acceptors (Lipinski definition) is 4. The molecule has 0 aromatic heterocycles. The molecule has 0 aliphatic heterocycles. The van der Waals surface area contributed by atoms with Crippen LogP contribution in [0.5, 0.6) is 11.5 Å². The third-order valence-electron chi connectivity index (χ3n) is 1.66. The van der Waals surface area contributed by atoms with Gasteiger partial charge in [-0.1, -0.05) is 0 Å². The largest absolute Gasteiger partial charge is 0.508 e. The molecule has 1 aromatic rings. The second kappa shape index (κ2) is 3.42. The summed E-state index contributed by atoms with van der Waals surface area (Å²) in [4.78, 5) is 0. The fraction of sp³-hybridized carbons (Fsp3) is 0.250. The van der Waals surface area contributed by atoms with Gasteiger partial charge in [-0.05, 0) is 18.2 Å². The summed E-state index contributed by atoms with van der Waals surface area (Å²) in [6.07, 6.45) is 0. The summed E-state index contributed by atoms with van der Waals surface area (Å²) in [5, 5.41) is 18.4. The average molecular weight is 168 g/mol. The van der Waals surface area contributed by atoms with E-state index in [9.17, 15) is 5.11 Å². The highest BCUT2D eigenvalue weighted by atomic mass is 16.3. The van der Waals surface area contributed by atoms with Crippen LogP contribution in [-0.4, -0.2) is 16.8 Å². The lowest BCUT2D eigenvalue weighted by Crippen LogP contribution is -2.20. The van der Waals surface area contributed by atoms with Crippen molar-refractivity contribution in [3.63, 3.8) is 0 Å². The molecule has 1 aromatic carbocycles. The van der Waals surface area contributed by atoms with Gasteiger partial charge in [-0.25, -0.2) is 0 Å². The monoisotopic (exact) mass is 168 g/mol. The maximum absolute atomic E-state index is 9.29. The van der Waals surface area contributed by atoms with Crippen molar-refractivity contribution >= 4 is 0 Å². The summed E-state index contributed by atoms with van der Waals surface area (Å²) in [6, 6.07) is 3.76. The van der Waals surface area contributed by atoms with E-state index >= 15 is 0 Å². The Labute approximate surface area is 70.4 Å². The van der Waals surface area contributed by atoms with Gasteiger partial charge in [0.1, 0.15) is 11.5 Å². The van der Waals surface area contributed by atoms with Crippen molar-refractivity contribution in [2.45, 2.75) is 6.04 Å². The zero-order chi connectivity index (χ0) is 9.14. The minimum Gasteiger partial charge on any atom is -0.508 e. The molecule has 0 bridgehead atoms. The van der Waals surface area contributed by atoms with Crippen molar-refractivity contribution in [3.05, 3.63) is 23.8 Å². The summed E-state index contributed by atoms with van der Waals surface area (Å²) in [5.41, 5.74) is 11.3. The van der Waals surface area contributed by atoms with Gasteiger partial charge in [0.25, 0.3) is 0 Å². The quantitative estimate of drug-likeness (QED) is 0.470. The van der Waals surface area contributed by atoms with Crippen LogP contribution in [0.1, 0.15) is 11.6 Å². The summed E-state index contributed by atoms with van der Waals surface area (Å²) in [6.45, 7) is 0.233. The van der Waals surface area contributed by atoms with Crippen LogP contribution in [0, 0.1) is 0 Å². The molecule has 0 amide bonds. The Morgan fingerprint density at radius 3 is 2.58 bits per heavy atom. The predicted octanol–water partition coefficient (Wildman–Crippen LogP) is 0.0563. The van der Waals surface area contributed by atoms with Crippen LogP contribution in [0.3, 0.4) is 0 Å². The van der Waals surface area contributed by atoms with Crippen LogP contribution in [0.15, 0.2) is 18.2 Å². The van der Waals surface area contributed by atoms with Crippen molar-refractivity contribution in [1.29, 1.82) is 0 Å². The van der Waals surface area contributed by atoms with E-state index in [2.05, 4.69) is 0 Å². The van der Waals surface area contributed by atoms with Crippen molar-refractivity contribution in [2.24, 2.45) is 11.5 Å². The molecule has 0 heterocycles. The molecule has 4 heteroatoms. The summed E-state index contributed by atoms with van der Waals surface area (Å²) in [5.74, 6) is 0.137. The topological polar surface area (TPSA) is 92.5 Å². The highest BCUT2D eigenvalue weighted by Crippen LogP contribution is 2.25. The Morgan fingerprint density at radius 2 is 2.00 bits per heavy atom.